The van der Waals surface area contributed by atoms with Crippen molar-refractivity contribution in [1.29, 1.82) is 0 Å². The van der Waals surface area contributed by atoms with Crippen molar-refractivity contribution in [2.45, 2.75) is 16.2 Å². The largest absolute Gasteiger partial charge is 0.425 e. The Balaban J connectivity index is 0.00000120. The average Bonchev–Trinajstić information content (AvgIpc) is 3.04. The molecule has 0 amide bonds. The normalized spacial score (nSPS) is 12.2. The van der Waals surface area contributed by atoms with Crippen LogP contribution in [0.2, 0.25) is 5.28 Å². The van der Waals surface area contributed by atoms with E-state index < -0.39 is 53.0 Å². The van der Waals surface area contributed by atoms with Gasteiger partial charge in [-0.15, -0.1) is 12.6 Å². The van der Waals surface area contributed by atoms with Gasteiger partial charge in [0.2, 0.25) is 11.2 Å². The molecule has 0 unspecified atom stereocenters. The topological polar surface area (TPSA) is 283 Å². The maximum absolute atomic E-state index is 13.5. The Morgan fingerprint density at radius 3 is 1.78 bits per heavy atom. The van der Waals surface area contributed by atoms with E-state index >= 15 is 0 Å². The molecule has 6 rings (SSSR count). The first-order chi connectivity index (χ1) is 23.9. The van der Waals surface area contributed by atoms with Crippen LogP contribution in [0.3, 0.4) is 0 Å². The van der Waals surface area contributed by atoms with Crippen LogP contribution < -0.4 is 16.4 Å². The zero-order valence-corrected chi connectivity index (χ0v) is 28.5. The van der Waals surface area contributed by atoms with Gasteiger partial charge in [0.25, 0.3) is 20.2 Å². The van der Waals surface area contributed by atoms with Gasteiger partial charge in [-0.25, -0.2) is 4.98 Å². The highest BCUT2D eigenvalue weighted by Gasteiger charge is 2.36. The third-order valence-corrected chi connectivity index (χ3v) is 9.17. The molecule has 5 aromatic rings. The summed E-state index contributed by atoms with van der Waals surface area (Å²) in [6.45, 7) is 0. The summed E-state index contributed by atoms with van der Waals surface area (Å²) in [7, 11) is -12.5. The molecule has 0 aliphatic heterocycles. The second kappa shape index (κ2) is 14.3. The van der Waals surface area contributed by atoms with E-state index in [-0.39, 0.29) is 61.9 Å². The molecule has 0 atom stereocenters. The smallest absolute Gasteiger partial charge is 0.397 e. The third-order valence-electron chi connectivity index (χ3n) is 7.15. The van der Waals surface area contributed by atoms with Gasteiger partial charge in [0.05, 0.1) is 27.4 Å². The monoisotopic (exact) mass is 772 g/mol. The van der Waals surface area contributed by atoms with Crippen molar-refractivity contribution in [1.82, 2.24) is 15.0 Å². The number of halogens is 1. The number of nitrogens with two attached hydrogens (primary N) is 1. The van der Waals surface area contributed by atoms with Crippen LogP contribution in [0.4, 0.5) is 28.7 Å². The Morgan fingerprint density at radius 1 is 0.706 bits per heavy atom. The standard InChI is InChI=1S/C30H21ClN6O8S2.O3S/c31-29-35-23(13-15-5-1-4-8-21(15)46(40,41)42)36-30(37-29)34-17-11-9-16(10-12-17)33-20-14-22(47(43,44)45)26(32)25-24(20)27(38)18-6-2-3-7-19(18)28(25)39;1-4(2)3/h1-12,14,33H,13,32H2,(H,40,41,42)(H,43,44,45)(H,34,35,36,37);. The molecule has 0 radical (unpaired) electrons. The number of nitrogens with one attached hydrogen (secondary N) is 2. The first-order valence-electron chi connectivity index (χ1n) is 13.9. The molecule has 262 valence electrons. The second-order valence-corrected chi connectivity index (χ2v) is 13.9. The Kier molecular flexibility index (Phi) is 10.3. The Bertz CT molecular complexity index is 2580. The molecule has 0 bridgehead atoms. The van der Waals surface area contributed by atoms with Crippen molar-refractivity contribution < 1.29 is 48.2 Å². The van der Waals surface area contributed by atoms with Crippen molar-refractivity contribution in [2.75, 3.05) is 16.4 Å². The van der Waals surface area contributed by atoms with E-state index in [2.05, 4.69) is 25.6 Å². The van der Waals surface area contributed by atoms with Gasteiger partial charge >= 0.3 is 10.6 Å². The number of rotatable bonds is 8. The Labute approximate surface area is 295 Å². The molecule has 0 spiro atoms. The maximum atomic E-state index is 13.5. The molecule has 0 fully saturated rings. The number of ketones is 2. The van der Waals surface area contributed by atoms with Gasteiger partial charge in [-0.05, 0) is 53.6 Å². The summed E-state index contributed by atoms with van der Waals surface area (Å²) >= 11 is 6.09. The number of nitrogen functional groups attached to an aromatic ring is 1. The number of aromatic nitrogens is 3. The van der Waals surface area contributed by atoms with Gasteiger partial charge in [-0.3, -0.25) is 18.7 Å². The summed E-state index contributed by atoms with van der Waals surface area (Å²) in [5.41, 5.74) is 6.15. The SMILES string of the molecule is Nc1c(S(=O)(=O)O)cc(Nc2ccc(Nc3nc(Cl)nc(Cc4ccccc4S(=O)(=O)O)n3)cc2)c2c1C(=O)c1ccccc1C2=O.O=S(=O)=O. The van der Waals surface area contributed by atoms with E-state index in [0.29, 0.717) is 11.4 Å². The van der Waals surface area contributed by atoms with Crippen LogP contribution in [0.5, 0.6) is 0 Å². The minimum absolute atomic E-state index is 0.0261. The number of nitrogens with zero attached hydrogens (tertiary/aromatic N) is 3. The molecule has 0 saturated heterocycles. The molecule has 0 saturated carbocycles. The summed E-state index contributed by atoms with van der Waals surface area (Å²) in [6.07, 6.45) is -0.0844. The predicted molar refractivity (Wildman–Crippen MR) is 181 cm³/mol. The molecule has 1 aliphatic carbocycles. The number of carbonyl (C=O) groups is 2. The quantitative estimate of drug-likeness (QED) is 0.109. The van der Waals surface area contributed by atoms with Crippen LogP contribution in [-0.4, -0.2) is 65.1 Å². The van der Waals surface area contributed by atoms with Crippen LogP contribution in [-0.2, 0) is 37.3 Å². The Morgan fingerprint density at radius 2 is 1.22 bits per heavy atom. The predicted octanol–water partition coefficient (Wildman–Crippen LogP) is 3.45. The van der Waals surface area contributed by atoms with Gasteiger partial charge in [-0.1, -0.05) is 42.5 Å². The molecule has 4 aromatic carbocycles. The van der Waals surface area contributed by atoms with Gasteiger partial charge in [0.15, 0.2) is 11.6 Å². The number of benzene rings is 4. The third kappa shape index (κ3) is 8.23. The van der Waals surface area contributed by atoms with E-state index in [1.165, 1.54) is 30.3 Å². The number of hydrogen-bond donors (Lipinski definition) is 5. The van der Waals surface area contributed by atoms with E-state index in [4.69, 9.17) is 30.0 Å². The lowest BCUT2D eigenvalue weighted by atomic mass is 9.82. The van der Waals surface area contributed by atoms with E-state index in [9.17, 15) is 35.5 Å². The molecule has 51 heavy (non-hydrogen) atoms. The molecule has 21 heteroatoms. The Hall–Kier alpha value is -5.64. The van der Waals surface area contributed by atoms with Crippen molar-refractivity contribution in [2.24, 2.45) is 0 Å². The summed E-state index contributed by atoms with van der Waals surface area (Å²) in [6, 6.07) is 19.1. The average molecular weight is 773 g/mol. The van der Waals surface area contributed by atoms with Crippen molar-refractivity contribution >= 4 is 82.7 Å². The van der Waals surface area contributed by atoms with Crippen LogP contribution in [0.15, 0.2) is 88.7 Å². The van der Waals surface area contributed by atoms with Gasteiger partial charge in [0, 0.05) is 28.9 Å². The van der Waals surface area contributed by atoms with Crippen LogP contribution in [0, 0.1) is 0 Å². The molecular weight excluding hydrogens is 752 g/mol. The lowest BCUT2D eigenvalue weighted by molar-refractivity contribution is 0.0980. The minimum atomic E-state index is -4.89. The van der Waals surface area contributed by atoms with E-state index in [0.717, 1.165) is 6.07 Å². The fourth-order valence-electron chi connectivity index (χ4n) is 5.13. The number of hydrogen-bond acceptors (Lipinski definition) is 15. The first kappa shape index (κ1) is 36.6. The van der Waals surface area contributed by atoms with Crippen molar-refractivity contribution in [3.63, 3.8) is 0 Å². The van der Waals surface area contributed by atoms with Crippen LogP contribution in [0.25, 0.3) is 0 Å². The maximum Gasteiger partial charge on any atom is 0.425 e. The van der Waals surface area contributed by atoms with Crippen LogP contribution in [0.1, 0.15) is 43.2 Å². The van der Waals surface area contributed by atoms with E-state index in [1.807, 2.05) is 0 Å². The molecule has 1 aromatic heterocycles. The van der Waals surface area contributed by atoms with Crippen molar-refractivity contribution in [3.8, 4) is 0 Å². The summed E-state index contributed by atoms with van der Waals surface area (Å²) in [5, 5.41) is 5.71. The van der Waals surface area contributed by atoms with Crippen LogP contribution >= 0.6 is 11.6 Å². The summed E-state index contributed by atoms with van der Waals surface area (Å²) in [5.74, 6) is -1.09. The molecule has 1 heterocycles. The fraction of sp³-hybridized carbons (Fsp3) is 0.0333. The molecule has 1 aliphatic rings. The summed E-state index contributed by atoms with van der Waals surface area (Å²) in [4.78, 5) is 38.3. The molecule has 6 N–H and O–H groups in total. The highest BCUT2D eigenvalue weighted by molar-refractivity contribution is 7.86. The van der Waals surface area contributed by atoms with Gasteiger partial charge in [-0.2, -0.15) is 26.8 Å². The minimum Gasteiger partial charge on any atom is -0.397 e. The van der Waals surface area contributed by atoms with Gasteiger partial charge in [0.1, 0.15) is 10.7 Å². The van der Waals surface area contributed by atoms with E-state index in [1.54, 1.807) is 42.5 Å². The fourth-order valence-corrected chi connectivity index (χ4v) is 6.67. The lowest BCUT2D eigenvalue weighted by Gasteiger charge is -2.23. The second-order valence-electron chi connectivity index (χ2n) is 10.4. The number of carbonyl (C=O) groups excluding carboxylic acids is 2. The highest BCUT2D eigenvalue weighted by Crippen LogP contribution is 2.40. The number of anilines is 5. The lowest BCUT2D eigenvalue weighted by Crippen LogP contribution is -2.25. The highest BCUT2D eigenvalue weighted by atomic mass is 35.5. The van der Waals surface area contributed by atoms with Crippen molar-refractivity contribution in [3.05, 3.63) is 118 Å². The summed E-state index contributed by atoms with van der Waals surface area (Å²) < 4.78 is 92.7. The number of fused-ring (bicyclic) bond motifs is 2. The first-order valence-corrected chi connectivity index (χ1v) is 18.2. The zero-order valence-electron chi connectivity index (χ0n) is 25.3. The zero-order chi connectivity index (χ0) is 37.2. The van der Waals surface area contributed by atoms with Gasteiger partial charge < -0.3 is 16.4 Å². The molecular formula is C30H21ClN6O11S3. The molecule has 17 nitrogen and oxygen atoms in total.